The average molecular weight is 1520 g/mol. The van der Waals surface area contributed by atoms with Crippen LogP contribution in [0.4, 0.5) is 50.4 Å². The number of nitrogens with zero attached hydrogens (tertiary/aromatic N) is 8. The van der Waals surface area contributed by atoms with Crippen LogP contribution in [0.1, 0.15) is 0 Å². The maximum atomic E-state index is 14.5. The maximum Gasteiger partial charge on any atom is 0.488 e. The zero-order valence-electron chi connectivity index (χ0n) is 49.2. The number of aromatic nitrogens is 6. The first-order valence-corrected chi connectivity index (χ1v) is 30.3. The van der Waals surface area contributed by atoms with Crippen LogP contribution in [0.2, 0.25) is 0 Å². The van der Waals surface area contributed by atoms with Crippen LogP contribution in [-0.4, -0.2) is 83.3 Å². The van der Waals surface area contributed by atoms with Crippen molar-refractivity contribution in [2.75, 3.05) is 38.2 Å². The second-order valence-corrected chi connectivity index (χ2v) is 22.7. The molecule has 4 aromatic heterocycles. The third-order valence-corrected chi connectivity index (χ3v) is 15.8. The van der Waals surface area contributed by atoms with Crippen molar-refractivity contribution in [1.29, 1.82) is 0 Å². The number of fused-ring (bicyclic) bond motifs is 6. The lowest BCUT2D eigenvalue weighted by Crippen LogP contribution is -2.29. The molecule has 24 nitrogen and oxygen atoms in total. The number of hydrogen-bond donors (Lipinski definition) is 4. The van der Waals surface area contributed by atoms with Crippen LogP contribution in [0.25, 0.3) is 44.6 Å². The number of nitrogen functional groups attached to an aromatic ring is 1. The van der Waals surface area contributed by atoms with E-state index in [9.17, 15) is 42.2 Å². The lowest BCUT2D eigenvalue weighted by molar-refractivity contribution is -0.387. The number of nitro groups is 2. The second-order valence-electron chi connectivity index (χ2n) is 20.1. The Morgan fingerprint density at radius 3 is 1.43 bits per heavy atom. The van der Waals surface area contributed by atoms with E-state index in [1.54, 1.807) is 97.8 Å². The summed E-state index contributed by atoms with van der Waals surface area (Å²) in [6.45, 7) is 0.904. The summed E-state index contributed by atoms with van der Waals surface area (Å²) < 4.78 is 113. The molecule has 33 heteroatoms. The van der Waals surface area contributed by atoms with E-state index in [1.807, 2.05) is 45.5 Å². The van der Waals surface area contributed by atoms with E-state index in [4.69, 9.17) is 53.7 Å². The molecule has 4 aliphatic rings. The SMILES string of the molecule is Fc1cc2ncn(-c3ccc4c(c3)OCO4)c2cc1-c1ccncc1.Fc1cc2ncn(-c3ccc4c(c3)OCO4)c2cc1Br.Nc1ccc2c(c1)OCO2.O=[N+]([O-])c1cc(F)c(Br)cc1F.O=[N+]([O-])c1cc(F)c(Br)cc1Nc1ccc2c(c1)OCO2.OB(O)c1ccncc1. The lowest BCUT2D eigenvalue weighted by atomic mass is 9.81. The van der Waals surface area contributed by atoms with Gasteiger partial charge in [0.25, 0.3) is 5.69 Å². The molecule has 492 valence electrons. The molecule has 16 rings (SSSR count). The number of imidazole rings is 2. The minimum Gasteiger partial charge on any atom is -0.454 e. The Hall–Kier alpha value is -11.1. The van der Waals surface area contributed by atoms with E-state index in [2.05, 4.69) is 73.0 Å². The largest absolute Gasteiger partial charge is 0.488 e. The fraction of sp³-hybridized carbons (Fsp3) is 0.0625. The minimum absolute atomic E-state index is 0.134. The van der Waals surface area contributed by atoms with Gasteiger partial charge in [0.15, 0.2) is 46.0 Å². The van der Waals surface area contributed by atoms with Crippen LogP contribution < -0.4 is 54.4 Å². The average Bonchev–Trinajstić information content (AvgIpc) is 1.64. The number of benzene rings is 8. The van der Waals surface area contributed by atoms with E-state index in [1.165, 1.54) is 30.6 Å². The summed E-state index contributed by atoms with van der Waals surface area (Å²) in [4.78, 5) is 35.7. The van der Waals surface area contributed by atoms with Crippen LogP contribution in [0, 0.1) is 49.3 Å². The van der Waals surface area contributed by atoms with Crippen molar-refractivity contribution in [3.8, 4) is 68.5 Å². The molecule has 0 fully saturated rings. The van der Waals surface area contributed by atoms with Gasteiger partial charge in [-0.1, -0.05) is 0 Å². The van der Waals surface area contributed by atoms with Crippen LogP contribution in [0.5, 0.6) is 46.0 Å². The normalized spacial score (nSPS) is 12.1. The molecular formula is C64H43BBr3F5N10O14. The van der Waals surface area contributed by atoms with Gasteiger partial charge in [-0.15, -0.1) is 0 Å². The summed E-state index contributed by atoms with van der Waals surface area (Å²) in [5.74, 6) is 2.24. The highest BCUT2D eigenvalue weighted by Gasteiger charge is 2.23. The number of nitro benzene ring substituents is 2. The number of nitrogens with one attached hydrogen (secondary N) is 1. The molecule has 0 amide bonds. The monoisotopic (exact) mass is 1520 g/mol. The summed E-state index contributed by atoms with van der Waals surface area (Å²) in [5, 5.41) is 41.1. The van der Waals surface area contributed by atoms with Gasteiger partial charge in [-0.3, -0.25) is 39.3 Å². The molecule has 0 saturated carbocycles. The summed E-state index contributed by atoms with van der Waals surface area (Å²) >= 11 is 8.90. The quantitative estimate of drug-likeness (QED) is 0.0274. The Labute approximate surface area is 569 Å². The van der Waals surface area contributed by atoms with Crippen LogP contribution in [0.3, 0.4) is 0 Å². The Balaban J connectivity index is 0.000000123. The lowest BCUT2D eigenvalue weighted by Gasteiger charge is -2.09. The standard InChI is InChI=1S/C19H12FN3O2.C14H8BrFN2O2.C13H8BrFN2O4.C7H7NO2.C6H2BrF2NO2.C5H6BNO2/c20-15-9-16-17(8-14(15)12-3-5-21-6-4-12)23(10-22-16)13-1-2-18-19(7-13)25-11-24-18;15-9-4-12-11(5-10(9)16)17-6-18(12)8-1-2-13-14(3-8)20-7-19-13;14-8-4-10(11(17(18)19)5-9(8)15)16-7-1-2-12-13(3-7)21-6-20-12;8-5-1-2-6-7(3-5)10-4-9-6;7-3-1-5(9)6(10(11)12)2-4(3)8;8-6(9)5-1-3-7-4-2-5/h1-10H,11H2;1-6H,7H2;1-5,16H,6H2;1-3H,4,8H2;1-2H;1-4,8-9H. The molecule has 8 aromatic carbocycles. The number of pyridine rings is 2. The van der Waals surface area contributed by atoms with Crippen LogP contribution in [-0.2, 0) is 0 Å². The summed E-state index contributed by atoms with van der Waals surface area (Å²) in [6.07, 6.45) is 9.65. The number of halogens is 8. The van der Waals surface area contributed by atoms with E-state index in [0.29, 0.717) is 79.8 Å². The maximum absolute atomic E-state index is 14.5. The number of ether oxygens (including phenoxy) is 8. The van der Waals surface area contributed by atoms with E-state index < -0.39 is 40.1 Å². The predicted molar refractivity (Wildman–Crippen MR) is 354 cm³/mol. The highest BCUT2D eigenvalue weighted by Crippen LogP contribution is 2.40. The van der Waals surface area contributed by atoms with Crippen molar-refractivity contribution < 1.29 is 79.7 Å². The van der Waals surface area contributed by atoms with Crippen molar-refractivity contribution in [1.82, 2.24) is 29.1 Å². The van der Waals surface area contributed by atoms with Gasteiger partial charge in [0, 0.05) is 78.1 Å². The van der Waals surface area contributed by atoms with Crippen LogP contribution >= 0.6 is 47.8 Å². The zero-order chi connectivity index (χ0) is 68.4. The van der Waals surface area contributed by atoms with Crippen molar-refractivity contribution in [2.24, 2.45) is 0 Å². The molecule has 0 saturated heterocycles. The van der Waals surface area contributed by atoms with Gasteiger partial charge in [-0.25, -0.2) is 27.5 Å². The van der Waals surface area contributed by atoms with Crippen molar-refractivity contribution in [3.63, 3.8) is 0 Å². The number of rotatable bonds is 8. The highest BCUT2D eigenvalue weighted by atomic mass is 79.9. The summed E-state index contributed by atoms with van der Waals surface area (Å²) in [5.41, 5.74) is 12.0. The molecule has 0 radical (unpaired) electrons. The molecule has 0 aliphatic carbocycles. The smallest absolute Gasteiger partial charge is 0.454 e. The third-order valence-electron chi connectivity index (χ3n) is 14.0. The first kappa shape index (κ1) is 67.3. The van der Waals surface area contributed by atoms with E-state index in [0.717, 1.165) is 57.0 Å². The second kappa shape index (κ2) is 30.1. The molecule has 0 bridgehead atoms. The van der Waals surface area contributed by atoms with Gasteiger partial charge in [-0.2, -0.15) is 4.39 Å². The predicted octanol–water partition coefficient (Wildman–Crippen LogP) is 14.0. The first-order chi connectivity index (χ1) is 46.7. The van der Waals surface area contributed by atoms with Crippen LogP contribution in [0.15, 0.2) is 196 Å². The van der Waals surface area contributed by atoms with Crippen molar-refractivity contribution >= 4 is 111 Å². The summed E-state index contributed by atoms with van der Waals surface area (Å²) in [7, 11) is -1.38. The van der Waals surface area contributed by atoms with Gasteiger partial charge in [-0.05, 0) is 156 Å². The summed E-state index contributed by atoms with van der Waals surface area (Å²) in [6, 6.07) is 38.1. The molecule has 8 heterocycles. The number of anilines is 3. The molecule has 0 unspecified atom stereocenters. The topological polar surface area (TPSA) is 300 Å². The molecular weight excluding hydrogens is 1480 g/mol. The zero-order valence-corrected chi connectivity index (χ0v) is 54.0. The number of nitrogens with two attached hydrogens (primary N) is 1. The first-order valence-electron chi connectivity index (χ1n) is 27.9. The van der Waals surface area contributed by atoms with Gasteiger partial charge in [0.05, 0.1) is 68.8 Å². The fourth-order valence-corrected chi connectivity index (χ4v) is 10.3. The van der Waals surface area contributed by atoms with E-state index >= 15 is 0 Å². The Bertz CT molecular complexity index is 4920. The molecule has 0 atom stereocenters. The molecule has 0 spiro atoms. The fourth-order valence-electron chi connectivity index (χ4n) is 9.29. The van der Waals surface area contributed by atoms with Crippen molar-refractivity contribution in [2.45, 2.75) is 0 Å². The Morgan fingerprint density at radius 2 is 0.907 bits per heavy atom. The Kier molecular flexibility index (Phi) is 20.9. The molecule has 4 aliphatic heterocycles. The molecule has 5 N–H and O–H groups in total. The Morgan fingerprint density at radius 1 is 0.474 bits per heavy atom. The van der Waals surface area contributed by atoms with Gasteiger partial charge >= 0.3 is 12.8 Å². The minimum atomic E-state index is -1.38. The van der Waals surface area contributed by atoms with Gasteiger partial charge < -0.3 is 59.0 Å². The third kappa shape index (κ3) is 16.0. The van der Waals surface area contributed by atoms with E-state index in [-0.39, 0.29) is 52.3 Å². The number of hydrogen-bond acceptors (Lipinski definition) is 20. The van der Waals surface area contributed by atoms with Gasteiger partial charge in [0.1, 0.15) is 41.6 Å². The highest BCUT2D eigenvalue weighted by molar-refractivity contribution is 9.11. The van der Waals surface area contributed by atoms with Gasteiger partial charge in [0.2, 0.25) is 33.0 Å². The van der Waals surface area contributed by atoms with Crippen molar-refractivity contribution in [3.05, 3.63) is 246 Å². The molecule has 97 heavy (non-hydrogen) atoms. The molecule has 12 aromatic rings.